The Hall–Kier alpha value is -3.77. The first-order valence-corrected chi connectivity index (χ1v) is 11.4. The van der Waals surface area contributed by atoms with E-state index < -0.39 is 0 Å². The number of carbonyl (C=O) groups excluding carboxylic acids is 1. The van der Waals surface area contributed by atoms with Crippen LogP contribution in [0.4, 0.5) is 11.4 Å². The van der Waals surface area contributed by atoms with Crippen molar-refractivity contribution in [1.29, 1.82) is 0 Å². The minimum atomic E-state index is 0.0739. The van der Waals surface area contributed by atoms with E-state index in [1.54, 1.807) is 0 Å². The van der Waals surface area contributed by atoms with Crippen molar-refractivity contribution in [3.8, 4) is 5.75 Å². The van der Waals surface area contributed by atoms with Crippen LogP contribution in [0.5, 0.6) is 5.75 Å². The number of aromatic amines is 1. The fourth-order valence-corrected chi connectivity index (χ4v) is 4.18. The maximum absolute atomic E-state index is 12.9. The predicted octanol–water partition coefficient (Wildman–Crippen LogP) is 4.75. The first-order valence-electron chi connectivity index (χ1n) is 11.4. The van der Waals surface area contributed by atoms with Crippen molar-refractivity contribution in [2.24, 2.45) is 0 Å². The number of anilines is 2. The highest BCUT2D eigenvalue weighted by Crippen LogP contribution is 2.21. The molecule has 0 unspecified atom stereocenters. The van der Waals surface area contributed by atoms with Gasteiger partial charge in [-0.2, -0.15) is 0 Å². The topological polar surface area (TPSA) is 60.6 Å². The lowest BCUT2D eigenvalue weighted by atomic mass is 10.2. The average molecular weight is 441 g/mol. The van der Waals surface area contributed by atoms with E-state index >= 15 is 0 Å². The standard InChI is InChI=1S/C27H28N4O2/c32-27(26-19-21-7-4-5-12-25(21)29-26)31-15-13-30(14-16-31)17-18-33-24-11-6-10-23(20-24)28-22-8-2-1-3-9-22/h1-12,19-20,28-29H,13-18H2. The Morgan fingerprint density at radius 3 is 2.42 bits per heavy atom. The number of rotatable bonds is 7. The molecule has 33 heavy (non-hydrogen) atoms. The van der Waals surface area contributed by atoms with Gasteiger partial charge in [-0.1, -0.05) is 42.5 Å². The fourth-order valence-electron chi connectivity index (χ4n) is 4.18. The molecule has 0 radical (unpaired) electrons. The fraction of sp³-hybridized carbons (Fsp3) is 0.222. The minimum absolute atomic E-state index is 0.0739. The Labute approximate surface area is 193 Å². The third-order valence-electron chi connectivity index (χ3n) is 5.99. The molecule has 0 saturated carbocycles. The first-order chi connectivity index (χ1) is 16.2. The zero-order valence-electron chi connectivity index (χ0n) is 18.5. The normalized spacial score (nSPS) is 14.4. The van der Waals surface area contributed by atoms with E-state index in [9.17, 15) is 4.79 Å². The van der Waals surface area contributed by atoms with Crippen LogP contribution in [0.15, 0.2) is 84.9 Å². The van der Waals surface area contributed by atoms with E-state index in [-0.39, 0.29) is 5.91 Å². The minimum Gasteiger partial charge on any atom is -0.492 e. The van der Waals surface area contributed by atoms with Gasteiger partial charge in [0.2, 0.25) is 0 Å². The van der Waals surface area contributed by atoms with Gasteiger partial charge in [-0.05, 0) is 36.4 Å². The molecule has 5 rings (SSSR count). The number of carbonyl (C=O) groups is 1. The van der Waals surface area contributed by atoms with Gasteiger partial charge in [-0.25, -0.2) is 0 Å². The number of amides is 1. The van der Waals surface area contributed by atoms with Crippen molar-refractivity contribution < 1.29 is 9.53 Å². The van der Waals surface area contributed by atoms with Gasteiger partial charge in [0.15, 0.2) is 0 Å². The molecule has 6 heteroatoms. The molecule has 1 saturated heterocycles. The van der Waals surface area contributed by atoms with Crippen molar-refractivity contribution >= 4 is 28.2 Å². The van der Waals surface area contributed by atoms with Crippen LogP contribution in [0.1, 0.15) is 10.5 Å². The predicted molar refractivity (Wildman–Crippen MR) is 132 cm³/mol. The largest absolute Gasteiger partial charge is 0.492 e. The summed E-state index contributed by atoms with van der Waals surface area (Å²) in [6.07, 6.45) is 0. The lowest BCUT2D eigenvalue weighted by Crippen LogP contribution is -2.49. The molecule has 1 aliphatic heterocycles. The van der Waals surface area contributed by atoms with Crippen LogP contribution in [0.2, 0.25) is 0 Å². The number of nitrogens with zero attached hydrogens (tertiary/aromatic N) is 2. The van der Waals surface area contributed by atoms with Crippen molar-refractivity contribution in [3.05, 3.63) is 90.6 Å². The van der Waals surface area contributed by atoms with Crippen molar-refractivity contribution in [1.82, 2.24) is 14.8 Å². The monoisotopic (exact) mass is 440 g/mol. The van der Waals surface area contributed by atoms with Gasteiger partial charge in [0.05, 0.1) is 0 Å². The molecule has 1 fully saturated rings. The average Bonchev–Trinajstić information content (AvgIpc) is 3.29. The summed E-state index contributed by atoms with van der Waals surface area (Å²) in [6.45, 7) is 4.61. The van der Waals surface area contributed by atoms with E-state index in [2.05, 4.69) is 15.2 Å². The molecule has 6 nitrogen and oxygen atoms in total. The van der Waals surface area contributed by atoms with Gasteiger partial charge >= 0.3 is 0 Å². The van der Waals surface area contributed by atoms with Crippen molar-refractivity contribution in [2.75, 3.05) is 44.6 Å². The second-order valence-corrected chi connectivity index (χ2v) is 8.27. The molecule has 0 aliphatic carbocycles. The van der Waals surface area contributed by atoms with E-state index in [1.807, 2.05) is 89.8 Å². The van der Waals surface area contributed by atoms with Crippen LogP contribution in [0.3, 0.4) is 0 Å². The molecular formula is C27H28N4O2. The number of piperazine rings is 1. The second-order valence-electron chi connectivity index (χ2n) is 8.27. The Bertz CT molecular complexity index is 1180. The van der Waals surface area contributed by atoms with Crippen LogP contribution in [-0.2, 0) is 0 Å². The number of para-hydroxylation sites is 2. The summed E-state index contributed by atoms with van der Waals surface area (Å²) in [4.78, 5) is 20.4. The third-order valence-corrected chi connectivity index (χ3v) is 5.99. The van der Waals surface area contributed by atoms with Gasteiger partial charge in [-0.15, -0.1) is 0 Å². The van der Waals surface area contributed by atoms with Gasteiger partial charge in [0.1, 0.15) is 18.1 Å². The van der Waals surface area contributed by atoms with Crippen LogP contribution in [0.25, 0.3) is 10.9 Å². The van der Waals surface area contributed by atoms with Gasteiger partial charge in [0.25, 0.3) is 5.91 Å². The Balaban J connectivity index is 1.08. The van der Waals surface area contributed by atoms with Gasteiger partial charge in [-0.3, -0.25) is 9.69 Å². The first kappa shape index (κ1) is 21.1. The highest BCUT2D eigenvalue weighted by molar-refractivity contribution is 5.98. The molecule has 0 spiro atoms. The van der Waals surface area contributed by atoms with Crippen molar-refractivity contribution in [3.63, 3.8) is 0 Å². The molecule has 2 heterocycles. The second kappa shape index (κ2) is 9.79. The van der Waals surface area contributed by atoms with E-state index in [0.29, 0.717) is 12.3 Å². The molecule has 3 aromatic carbocycles. The molecule has 4 aromatic rings. The number of hydrogen-bond acceptors (Lipinski definition) is 4. The summed E-state index contributed by atoms with van der Waals surface area (Å²) in [6, 6.07) is 28.0. The summed E-state index contributed by atoms with van der Waals surface area (Å²) in [5.41, 5.74) is 3.72. The summed E-state index contributed by atoms with van der Waals surface area (Å²) in [7, 11) is 0. The third kappa shape index (κ3) is 5.18. The number of ether oxygens (including phenoxy) is 1. The molecule has 0 atom stereocenters. The molecule has 168 valence electrons. The van der Waals surface area contributed by atoms with Crippen LogP contribution in [0, 0.1) is 0 Å². The van der Waals surface area contributed by atoms with Gasteiger partial charge in [0, 0.05) is 61.1 Å². The SMILES string of the molecule is O=C(c1cc2ccccc2[nH]1)N1CCN(CCOc2cccc(Nc3ccccc3)c2)CC1. The zero-order valence-corrected chi connectivity index (χ0v) is 18.5. The molecule has 1 aliphatic rings. The lowest BCUT2D eigenvalue weighted by Gasteiger charge is -2.34. The molecule has 0 bridgehead atoms. The smallest absolute Gasteiger partial charge is 0.270 e. The van der Waals surface area contributed by atoms with E-state index in [1.165, 1.54) is 0 Å². The number of hydrogen-bond donors (Lipinski definition) is 2. The van der Waals surface area contributed by atoms with Crippen molar-refractivity contribution in [2.45, 2.75) is 0 Å². The number of fused-ring (bicyclic) bond motifs is 1. The molecule has 1 amide bonds. The Morgan fingerprint density at radius 2 is 1.61 bits per heavy atom. The highest BCUT2D eigenvalue weighted by atomic mass is 16.5. The summed E-state index contributed by atoms with van der Waals surface area (Å²) < 4.78 is 6.00. The lowest BCUT2D eigenvalue weighted by molar-refractivity contribution is 0.0615. The Kier molecular flexibility index (Phi) is 6.26. The maximum atomic E-state index is 12.9. The number of benzene rings is 3. The highest BCUT2D eigenvalue weighted by Gasteiger charge is 2.23. The summed E-state index contributed by atoms with van der Waals surface area (Å²) >= 11 is 0. The maximum Gasteiger partial charge on any atom is 0.270 e. The van der Waals surface area contributed by atoms with Gasteiger partial charge < -0.3 is 19.9 Å². The number of H-pyrrole nitrogens is 1. The van der Waals surface area contributed by atoms with E-state index in [0.717, 1.165) is 60.8 Å². The Morgan fingerprint density at radius 1 is 0.848 bits per heavy atom. The van der Waals surface area contributed by atoms with Crippen LogP contribution >= 0.6 is 0 Å². The number of nitrogens with one attached hydrogen (secondary N) is 2. The molecule has 2 N–H and O–H groups in total. The van der Waals surface area contributed by atoms with Crippen LogP contribution in [-0.4, -0.2) is 60.0 Å². The summed E-state index contributed by atoms with van der Waals surface area (Å²) in [5.74, 6) is 0.924. The molecule has 1 aromatic heterocycles. The molecular weight excluding hydrogens is 412 g/mol. The number of aromatic nitrogens is 1. The van der Waals surface area contributed by atoms with E-state index in [4.69, 9.17) is 4.74 Å². The quantitative estimate of drug-likeness (QED) is 0.435. The zero-order chi connectivity index (χ0) is 22.5. The van der Waals surface area contributed by atoms with Crippen LogP contribution < -0.4 is 10.1 Å². The summed E-state index contributed by atoms with van der Waals surface area (Å²) in [5, 5.41) is 4.46.